The van der Waals surface area contributed by atoms with Gasteiger partial charge in [-0.05, 0) is 31.9 Å². The first-order valence-corrected chi connectivity index (χ1v) is 7.19. The number of hydrogen-bond acceptors (Lipinski definition) is 1. The van der Waals surface area contributed by atoms with Crippen molar-refractivity contribution in [3.63, 3.8) is 0 Å². The van der Waals surface area contributed by atoms with Crippen molar-refractivity contribution in [1.29, 1.82) is 0 Å². The van der Waals surface area contributed by atoms with Crippen LogP contribution >= 0.6 is 0 Å². The lowest BCUT2D eigenvalue weighted by atomic mass is 9.99. The Morgan fingerprint density at radius 1 is 1.33 bits per heavy atom. The summed E-state index contributed by atoms with van der Waals surface area (Å²) in [6, 6.07) is 1.47. The van der Waals surface area contributed by atoms with Gasteiger partial charge in [0.15, 0.2) is 23.5 Å². The molecule has 2 rings (SSSR count). The Morgan fingerprint density at radius 2 is 2.05 bits per heavy atom. The maximum absolute atomic E-state index is 13.6. The Balaban J connectivity index is 2.05. The molecule has 1 aliphatic rings. The first-order chi connectivity index (χ1) is 9.90. The quantitative estimate of drug-likeness (QED) is 0.819. The summed E-state index contributed by atoms with van der Waals surface area (Å²) >= 11 is 0. The first-order valence-electron chi connectivity index (χ1n) is 7.19. The number of hydrogen-bond donors (Lipinski definition) is 2. The third-order valence-electron chi connectivity index (χ3n) is 4.10. The van der Waals surface area contributed by atoms with E-state index in [1.54, 1.807) is 6.92 Å². The van der Waals surface area contributed by atoms with E-state index in [1.165, 1.54) is 0 Å². The number of rotatable bonds is 3. The number of benzene rings is 1. The molecule has 21 heavy (non-hydrogen) atoms. The lowest BCUT2D eigenvalue weighted by molar-refractivity contribution is -0.922. The van der Waals surface area contributed by atoms with Gasteiger partial charge >= 0.3 is 0 Å². The lowest BCUT2D eigenvalue weighted by Gasteiger charge is -2.31. The van der Waals surface area contributed by atoms with E-state index in [2.05, 4.69) is 12.2 Å². The molecule has 0 aromatic heterocycles. The number of piperidine rings is 1. The SMILES string of the molecule is C[C@@H]1CCC[NH+]([C@@H](C)C(=O)Nc2ccc(F)c(F)c2F)C1. The number of carbonyl (C=O) groups is 1. The smallest absolute Gasteiger partial charge is 0.282 e. The molecule has 2 N–H and O–H groups in total. The van der Waals surface area contributed by atoms with Crippen LogP contribution in [-0.4, -0.2) is 25.0 Å². The molecule has 3 nitrogen and oxygen atoms in total. The topological polar surface area (TPSA) is 33.5 Å². The molecule has 0 radical (unpaired) electrons. The monoisotopic (exact) mass is 301 g/mol. The zero-order valence-corrected chi connectivity index (χ0v) is 12.2. The van der Waals surface area contributed by atoms with Gasteiger partial charge in [-0.25, -0.2) is 13.2 Å². The molecule has 1 aliphatic heterocycles. The van der Waals surface area contributed by atoms with Gasteiger partial charge in [0.05, 0.1) is 18.8 Å². The number of amides is 1. The van der Waals surface area contributed by atoms with Crippen LogP contribution in [-0.2, 0) is 4.79 Å². The van der Waals surface area contributed by atoms with Crippen molar-refractivity contribution in [3.8, 4) is 0 Å². The maximum atomic E-state index is 13.6. The molecular weight excluding hydrogens is 281 g/mol. The van der Waals surface area contributed by atoms with E-state index in [0.717, 1.165) is 43.0 Å². The van der Waals surface area contributed by atoms with Gasteiger partial charge in [0.2, 0.25) is 0 Å². The fourth-order valence-corrected chi connectivity index (χ4v) is 2.77. The summed E-state index contributed by atoms with van der Waals surface area (Å²) in [6.07, 6.45) is 2.20. The Bertz CT molecular complexity index is 536. The summed E-state index contributed by atoms with van der Waals surface area (Å²) in [5, 5.41) is 2.35. The second kappa shape index (κ2) is 6.47. The number of quaternary nitrogens is 1. The van der Waals surface area contributed by atoms with E-state index in [4.69, 9.17) is 0 Å². The highest BCUT2D eigenvalue weighted by molar-refractivity contribution is 5.93. The van der Waals surface area contributed by atoms with Crippen LogP contribution in [0.4, 0.5) is 18.9 Å². The standard InChI is InChI=1S/C15H19F3N2O/c1-9-4-3-7-20(8-9)10(2)15(21)19-12-6-5-11(16)13(17)14(12)18/h5-6,9-10H,3-4,7-8H2,1-2H3,(H,19,21)/p+1/t9-,10+/m1/s1. The minimum atomic E-state index is -1.57. The van der Waals surface area contributed by atoms with Crippen LogP contribution in [0.5, 0.6) is 0 Å². The van der Waals surface area contributed by atoms with Gasteiger partial charge in [-0.2, -0.15) is 0 Å². The molecule has 116 valence electrons. The molecule has 0 bridgehead atoms. The number of likely N-dealkylation sites (tertiary alicyclic amines) is 1. The summed E-state index contributed by atoms with van der Waals surface area (Å²) in [5.74, 6) is -4.04. The highest BCUT2D eigenvalue weighted by Crippen LogP contribution is 2.19. The second-order valence-corrected chi connectivity index (χ2v) is 5.79. The van der Waals surface area contributed by atoms with Crippen LogP contribution < -0.4 is 10.2 Å². The number of anilines is 1. The van der Waals surface area contributed by atoms with Crippen LogP contribution in [0, 0.1) is 23.4 Å². The normalized spacial score (nSPS) is 23.7. The largest absolute Gasteiger partial charge is 0.325 e. The minimum absolute atomic E-state index is 0.324. The van der Waals surface area contributed by atoms with Gasteiger partial charge in [-0.15, -0.1) is 0 Å². The molecule has 0 aliphatic carbocycles. The second-order valence-electron chi connectivity index (χ2n) is 5.79. The molecule has 1 aromatic carbocycles. The molecule has 6 heteroatoms. The average molecular weight is 301 g/mol. The minimum Gasteiger partial charge on any atom is -0.325 e. The Hall–Kier alpha value is -1.56. The fraction of sp³-hybridized carbons (Fsp3) is 0.533. The number of halogens is 3. The van der Waals surface area contributed by atoms with Crippen molar-refractivity contribution in [2.75, 3.05) is 18.4 Å². The van der Waals surface area contributed by atoms with Gasteiger partial charge in [-0.1, -0.05) is 6.92 Å². The molecule has 0 saturated carbocycles. The zero-order chi connectivity index (χ0) is 15.6. The van der Waals surface area contributed by atoms with E-state index >= 15 is 0 Å². The summed E-state index contributed by atoms with van der Waals surface area (Å²) in [5.41, 5.74) is -0.324. The Kier molecular flexibility index (Phi) is 4.88. The highest BCUT2D eigenvalue weighted by Gasteiger charge is 2.30. The summed E-state index contributed by atoms with van der Waals surface area (Å²) in [7, 11) is 0. The van der Waals surface area contributed by atoms with Crippen molar-refractivity contribution in [1.82, 2.24) is 0 Å². The van der Waals surface area contributed by atoms with E-state index in [-0.39, 0.29) is 17.6 Å². The Morgan fingerprint density at radius 3 is 2.71 bits per heavy atom. The third-order valence-corrected chi connectivity index (χ3v) is 4.10. The van der Waals surface area contributed by atoms with Crippen LogP contribution in [0.3, 0.4) is 0 Å². The number of carbonyl (C=O) groups excluding carboxylic acids is 1. The molecule has 3 atom stereocenters. The van der Waals surface area contributed by atoms with Crippen molar-refractivity contribution in [2.45, 2.75) is 32.7 Å². The van der Waals surface area contributed by atoms with E-state index in [9.17, 15) is 18.0 Å². The Labute approximate surface area is 122 Å². The van der Waals surface area contributed by atoms with Crippen molar-refractivity contribution in [2.24, 2.45) is 5.92 Å². The van der Waals surface area contributed by atoms with Crippen molar-refractivity contribution < 1.29 is 22.9 Å². The summed E-state index contributed by atoms with van der Waals surface area (Å²) in [4.78, 5) is 13.3. The van der Waals surface area contributed by atoms with E-state index < -0.39 is 17.5 Å². The molecule has 1 fully saturated rings. The maximum Gasteiger partial charge on any atom is 0.282 e. The van der Waals surface area contributed by atoms with Gasteiger partial charge < -0.3 is 10.2 Å². The molecule has 0 spiro atoms. The highest BCUT2D eigenvalue weighted by atomic mass is 19.2. The molecular formula is C15H20F3N2O+. The predicted molar refractivity (Wildman–Crippen MR) is 73.5 cm³/mol. The summed E-state index contributed by atoms with van der Waals surface area (Å²) < 4.78 is 39.6. The van der Waals surface area contributed by atoms with Gasteiger partial charge in [0.1, 0.15) is 0 Å². The first kappa shape index (κ1) is 15.8. The van der Waals surface area contributed by atoms with Crippen LogP contribution in [0.15, 0.2) is 12.1 Å². The molecule has 1 aromatic rings. The number of nitrogens with one attached hydrogen (secondary N) is 2. The van der Waals surface area contributed by atoms with Crippen molar-refractivity contribution in [3.05, 3.63) is 29.6 Å². The zero-order valence-electron chi connectivity index (χ0n) is 12.2. The molecule has 1 heterocycles. The van der Waals surface area contributed by atoms with Gasteiger partial charge in [0.25, 0.3) is 5.91 Å². The van der Waals surface area contributed by atoms with Crippen LogP contribution in [0.2, 0.25) is 0 Å². The average Bonchev–Trinajstić information content (AvgIpc) is 2.47. The van der Waals surface area contributed by atoms with E-state index in [1.807, 2.05) is 0 Å². The molecule has 1 unspecified atom stereocenters. The summed E-state index contributed by atoms with van der Waals surface area (Å²) in [6.45, 7) is 5.67. The van der Waals surface area contributed by atoms with Crippen LogP contribution in [0.1, 0.15) is 26.7 Å². The predicted octanol–water partition coefficient (Wildman–Crippen LogP) is 1.75. The lowest BCUT2D eigenvalue weighted by Crippen LogP contribution is -3.17. The molecule has 1 saturated heterocycles. The van der Waals surface area contributed by atoms with Crippen LogP contribution in [0.25, 0.3) is 0 Å². The van der Waals surface area contributed by atoms with Crippen molar-refractivity contribution >= 4 is 11.6 Å². The van der Waals surface area contributed by atoms with E-state index in [0.29, 0.717) is 5.92 Å². The fourth-order valence-electron chi connectivity index (χ4n) is 2.77. The van der Waals surface area contributed by atoms with Gasteiger partial charge in [0, 0.05) is 5.92 Å². The van der Waals surface area contributed by atoms with Gasteiger partial charge in [-0.3, -0.25) is 4.79 Å². The molecule has 1 amide bonds. The third kappa shape index (κ3) is 3.56.